The van der Waals surface area contributed by atoms with E-state index in [1.54, 1.807) is 0 Å². The van der Waals surface area contributed by atoms with Gasteiger partial charge in [0.05, 0.1) is 12.2 Å². The number of hydrogen-bond acceptors (Lipinski definition) is 2. The van der Waals surface area contributed by atoms with E-state index in [1.165, 1.54) is 16.7 Å². The average molecular weight is 188 g/mol. The molecule has 14 heavy (non-hydrogen) atoms. The van der Waals surface area contributed by atoms with Gasteiger partial charge in [0.1, 0.15) is 0 Å². The fourth-order valence-electron chi connectivity index (χ4n) is 2.10. The first kappa shape index (κ1) is 9.38. The summed E-state index contributed by atoms with van der Waals surface area (Å²) in [5.41, 5.74) is 5.13. The summed E-state index contributed by atoms with van der Waals surface area (Å²) in [7, 11) is 0. The predicted octanol–water partition coefficient (Wildman–Crippen LogP) is 3.89. The second-order valence-corrected chi connectivity index (χ2v) is 3.99. The molecule has 1 aliphatic rings. The van der Waals surface area contributed by atoms with Crippen LogP contribution in [0.4, 0.5) is 5.69 Å². The average Bonchev–Trinajstić information content (AvgIpc) is 2.23. The zero-order valence-corrected chi connectivity index (χ0v) is 9.04. The van der Waals surface area contributed by atoms with Gasteiger partial charge in [0, 0.05) is 5.92 Å². The molecule has 0 aliphatic carbocycles. The highest BCUT2D eigenvalue weighted by Crippen LogP contribution is 2.38. The van der Waals surface area contributed by atoms with Crippen molar-refractivity contribution in [2.45, 2.75) is 33.1 Å². The SMILES string of the molecule is CCC1CN=Nc2c(C)ccc(C)c21. The van der Waals surface area contributed by atoms with Crippen molar-refractivity contribution in [3.63, 3.8) is 0 Å². The summed E-state index contributed by atoms with van der Waals surface area (Å²) in [4.78, 5) is 0. The first-order chi connectivity index (χ1) is 6.74. The highest BCUT2D eigenvalue weighted by Gasteiger charge is 2.20. The predicted molar refractivity (Wildman–Crippen MR) is 58.3 cm³/mol. The Bertz CT molecular complexity index is 380. The molecule has 0 fully saturated rings. The van der Waals surface area contributed by atoms with Gasteiger partial charge in [0.15, 0.2) is 0 Å². The van der Waals surface area contributed by atoms with Crippen molar-refractivity contribution in [3.05, 3.63) is 28.8 Å². The fraction of sp³-hybridized carbons (Fsp3) is 0.500. The molecule has 2 rings (SSSR count). The maximum atomic E-state index is 4.28. The smallest absolute Gasteiger partial charge is 0.0919 e. The van der Waals surface area contributed by atoms with Gasteiger partial charge in [-0.05, 0) is 37.0 Å². The number of fused-ring (bicyclic) bond motifs is 1. The van der Waals surface area contributed by atoms with Crippen LogP contribution in [0.25, 0.3) is 0 Å². The Morgan fingerprint density at radius 1 is 1.29 bits per heavy atom. The van der Waals surface area contributed by atoms with Crippen LogP contribution < -0.4 is 0 Å². The van der Waals surface area contributed by atoms with Crippen molar-refractivity contribution >= 4 is 5.69 Å². The van der Waals surface area contributed by atoms with Crippen molar-refractivity contribution in [1.82, 2.24) is 0 Å². The largest absolute Gasteiger partial charge is 0.188 e. The van der Waals surface area contributed by atoms with E-state index in [4.69, 9.17) is 0 Å². The highest BCUT2D eigenvalue weighted by atomic mass is 15.1. The summed E-state index contributed by atoms with van der Waals surface area (Å²) in [6, 6.07) is 4.32. The Kier molecular flexibility index (Phi) is 2.36. The van der Waals surface area contributed by atoms with Crippen LogP contribution in [0.3, 0.4) is 0 Å². The molecule has 0 saturated carbocycles. The third kappa shape index (κ3) is 1.35. The van der Waals surface area contributed by atoms with Gasteiger partial charge >= 0.3 is 0 Å². The van der Waals surface area contributed by atoms with Crippen LogP contribution in [-0.2, 0) is 0 Å². The quantitative estimate of drug-likeness (QED) is 0.638. The fourth-order valence-corrected chi connectivity index (χ4v) is 2.10. The summed E-state index contributed by atoms with van der Waals surface area (Å²) in [6.07, 6.45) is 1.15. The Morgan fingerprint density at radius 3 is 2.71 bits per heavy atom. The minimum Gasteiger partial charge on any atom is -0.188 e. The summed E-state index contributed by atoms with van der Waals surface area (Å²) >= 11 is 0. The summed E-state index contributed by atoms with van der Waals surface area (Å²) in [5, 5.41) is 8.47. The molecule has 1 aliphatic heterocycles. The zero-order valence-electron chi connectivity index (χ0n) is 9.04. The molecule has 0 amide bonds. The molecule has 1 aromatic rings. The lowest BCUT2D eigenvalue weighted by Crippen LogP contribution is -2.07. The van der Waals surface area contributed by atoms with Crippen LogP contribution in [-0.4, -0.2) is 6.54 Å². The van der Waals surface area contributed by atoms with Gasteiger partial charge in [-0.1, -0.05) is 19.1 Å². The molecule has 0 aromatic heterocycles. The van der Waals surface area contributed by atoms with Crippen molar-refractivity contribution in [1.29, 1.82) is 0 Å². The molecule has 2 nitrogen and oxygen atoms in total. The molecular formula is C12H16N2. The lowest BCUT2D eigenvalue weighted by Gasteiger charge is -2.22. The molecule has 0 bridgehead atoms. The van der Waals surface area contributed by atoms with E-state index in [1.807, 2.05) is 0 Å². The summed E-state index contributed by atoms with van der Waals surface area (Å²) < 4.78 is 0. The third-order valence-corrected chi connectivity index (χ3v) is 3.01. The summed E-state index contributed by atoms with van der Waals surface area (Å²) in [6.45, 7) is 7.35. The second kappa shape index (κ2) is 3.52. The summed E-state index contributed by atoms with van der Waals surface area (Å²) in [5.74, 6) is 0.572. The topological polar surface area (TPSA) is 24.7 Å². The van der Waals surface area contributed by atoms with E-state index >= 15 is 0 Å². The van der Waals surface area contributed by atoms with Crippen molar-refractivity contribution in [2.24, 2.45) is 10.2 Å². The molecule has 2 heteroatoms. The Hall–Kier alpha value is -1.18. The first-order valence-corrected chi connectivity index (χ1v) is 5.21. The van der Waals surface area contributed by atoms with Crippen molar-refractivity contribution < 1.29 is 0 Å². The lowest BCUT2D eigenvalue weighted by atomic mass is 9.89. The van der Waals surface area contributed by atoms with Gasteiger partial charge in [-0.25, -0.2) is 0 Å². The number of hydrogen-bond donors (Lipinski definition) is 0. The maximum absolute atomic E-state index is 4.28. The molecule has 0 radical (unpaired) electrons. The van der Waals surface area contributed by atoms with E-state index in [-0.39, 0.29) is 0 Å². The molecule has 74 valence electrons. The standard InChI is InChI=1S/C12H16N2/c1-4-10-7-13-14-12-9(3)6-5-8(2)11(10)12/h5-6,10H,4,7H2,1-3H3. The van der Waals surface area contributed by atoms with Gasteiger partial charge in [-0.15, -0.1) is 0 Å². The monoisotopic (exact) mass is 188 g/mol. The van der Waals surface area contributed by atoms with Gasteiger partial charge in [0.2, 0.25) is 0 Å². The van der Waals surface area contributed by atoms with Crippen LogP contribution in [0.2, 0.25) is 0 Å². The van der Waals surface area contributed by atoms with Crippen molar-refractivity contribution in [2.75, 3.05) is 6.54 Å². The van der Waals surface area contributed by atoms with E-state index in [2.05, 4.69) is 43.1 Å². The maximum Gasteiger partial charge on any atom is 0.0919 e. The first-order valence-electron chi connectivity index (χ1n) is 5.21. The molecular weight excluding hydrogens is 172 g/mol. The molecule has 1 aromatic carbocycles. The van der Waals surface area contributed by atoms with Crippen LogP contribution in [0, 0.1) is 13.8 Å². The van der Waals surface area contributed by atoms with Crippen LogP contribution in [0.15, 0.2) is 22.4 Å². The minimum atomic E-state index is 0.572. The molecule has 1 unspecified atom stereocenters. The zero-order chi connectivity index (χ0) is 10.1. The molecule has 1 atom stereocenters. The Labute approximate surface area is 85.1 Å². The Morgan fingerprint density at radius 2 is 2.00 bits per heavy atom. The van der Waals surface area contributed by atoms with Crippen LogP contribution in [0.1, 0.15) is 36.0 Å². The van der Waals surface area contributed by atoms with Crippen molar-refractivity contribution in [3.8, 4) is 0 Å². The number of benzene rings is 1. The number of nitrogens with zero attached hydrogens (tertiary/aromatic N) is 2. The second-order valence-electron chi connectivity index (χ2n) is 3.99. The highest BCUT2D eigenvalue weighted by molar-refractivity contribution is 5.57. The van der Waals surface area contributed by atoms with Crippen LogP contribution >= 0.6 is 0 Å². The number of aryl methyl sites for hydroxylation is 2. The van der Waals surface area contributed by atoms with Gasteiger partial charge < -0.3 is 0 Å². The normalized spacial score (nSPS) is 19.5. The lowest BCUT2D eigenvalue weighted by molar-refractivity contribution is 0.636. The Balaban J connectivity index is 2.62. The van der Waals surface area contributed by atoms with E-state index in [9.17, 15) is 0 Å². The number of rotatable bonds is 1. The van der Waals surface area contributed by atoms with E-state index in [0.29, 0.717) is 5.92 Å². The third-order valence-electron chi connectivity index (χ3n) is 3.01. The van der Waals surface area contributed by atoms with Gasteiger partial charge in [-0.3, -0.25) is 0 Å². The van der Waals surface area contributed by atoms with Crippen LogP contribution in [0.5, 0.6) is 0 Å². The molecule has 0 saturated heterocycles. The van der Waals surface area contributed by atoms with E-state index in [0.717, 1.165) is 18.7 Å². The van der Waals surface area contributed by atoms with E-state index < -0.39 is 0 Å². The molecule has 1 heterocycles. The molecule has 0 N–H and O–H groups in total. The number of azo groups is 1. The van der Waals surface area contributed by atoms with Gasteiger partial charge in [-0.2, -0.15) is 10.2 Å². The van der Waals surface area contributed by atoms with Gasteiger partial charge in [0.25, 0.3) is 0 Å². The molecule has 0 spiro atoms. The minimum absolute atomic E-state index is 0.572.